The molecule has 1 amide bonds. The van der Waals surface area contributed by atoms with Crippen molar-refractivity contribution in [2.24, 2.45) is 0 Å². The van der Waals surface area contributed by atoms with E-state index in [0.29, 0.717) is 19.6 Å². The lowest BCUT2D eigenvalue weighted by molar-refractivity contribution is -0.130. The Balaban J connectivity index is 2.00. The van der Waals surface area contributed by atoms with Crippen LogP contribution in [0.2, 0.25) is 0 Å². The molecule has 18 heavy (non-hydrogen) atoms. The van der Waals surface area contributed by atoms with Crippen molar-refractivity contribution in [3.8, 4) is 0 Å². The number of hydrogen-bond acceptors (Lipinski definition) is 3. The molecule has 0 bridgehead atoms. The molecule has 0 radical (unpaired) electrons. The fourth-order valence-corrected chi connectivity index (χ4v) is 2.34. The van der Waals surface area contributed by atoms with Crippen molar-refractivity contribution in [2.75, 3.05) is 46.9 Å². The van der Waals surface area contributed by atoms with Crippen LogP contribution < -0.4 is 0 Å². The molecule has 0 saturated carbocycles. The number of nitrogens with zero attached hydrogens (tertiary/aromatic N) is 2. The summed E-state index contributed by atoms with van der Waals surface area (Å²) in [5, 5.41) is 0. The van der Waals surface area contributed by atoms with E-state index in [9.17, 15) is 4.79 Å². The average Bonchev–Trinajstić information content (AvgIpc) is 2.41. The van der Waals surface area contributed by atoms with Gasteiger partial charge in [-0.05, 0) is 45.3 Å². The molecule has 0 aromatic rings. The zero-order valence-electron chi connectivity index (χ0n) is 12.0. The Labute approximate surface area is 111 Å². The standard InChI is InChI=1S/C14H28N2O2/c1-15(12-13-18-2)14(17)8-4-7-11-16-9-5-3-6-10-16/h3-13H2,1-2H3. The summed E-state index contributed by atoms with van der Waals surface area (Å²) in [6.07, 6.45) is 6.90. The van der Waals surface area contributed by atoms with Gasteiger partial charge in [-0.3, -0.25) is 4.79 Å². The highest BCUT2D eigenvalue weighted by Crippen LogP contribution is 2.10. The van der Waals surface area contributed by atoms with Gasteiger partial charge in [-0.2, -0.15) is 0 Å². The van der Waals surface area contributed by atoms with E-state index in [4.69, 9.17) is 4.74 Å². The minimum absolute atomic E-state index is 0.241. The van der Waals surface area contributed by atoms with Crippen molar-refractivity contribution in [3.05, 3.63) is 0 Å². The van der Waals surface area contributed by atoms with Crippen LogP contribution >= 0.6 is 0 Å². The van der Waals surface area contributed by atoms with Crippen molar-refractivity contribution < 1.29 is 9.53 Å². The lowest BCUT2D eigenvalue weighted by Gasteiger charge is -2.26. The predicted octanol–water partition coefficient (Wildman–Crippen LogP) is 1.75. The molecule has 0 atom stereocenters. The molecule has 1 saturated heterocycles. The Morgan fingerprint density at radius 3 is 2.61 bits per heavy atom. The summed E-state index contributed by atoms with van der Waals surface area (Å²) in [6.45, 7) is 4.98. The number of ether oxygens (including phenoxy) is 1. The van der Waals surface area contributed by atoms with Crippen LogP contribution in [0, 0.1) is 0 Å². The third-order valence-electron chi connectivity index (χ3n) is 3.62. The van der Waals surface area contributed by atoms with Crippen LogP contribution in [0.3, 0.4) is 0 Å². The maximum absolute atomic E-state index is 11.8. The molecule has 106 valence electrons. The highest BCUT2D eigenvalue weighted by atomic mass is 16.5. The number of methoxy groups -OCH3 is 1. The molecule has 4 nitrogen and oxygen atoms in total. The first kappa shape index (κ1) is 15.4. The third-order valence-corrected chi connectivity index (χ3v) is 3.62. The summed E-state index contributed by atoms with van der Waals surface area (Å²) in [5.74, 6) is 0.241. The predicted molar refractivity (Wildman–Crippen MR) is 73.7 cm³/mol. The minimum Gasteiger partial charge on any atom is -0.383 e. The van der Waals surface area contributed by atoms with Gasteiger partial charge in [-0.25, -0.2) is 0 Å². The molecule has 0 aromatic heterocycles. The van der Waals surface area contributed by atoms with Crippen molar-refractivity contribution >= 4 is 5.91 Å². The summed E-state index contributed by atoms with van der Waals surface area (Å²) in [7, 11) is 3.52. The minimum atomic E-state index is 0.241. The summed E-state index contributed by atoms with van der Waals surface area (Å²) in [5.41, 5.74) is 0. The van der Waals surface area contributed by atoms with Crippen LogP contribution in [-0.2, 0) is 9.53 Å². The summed E-state index contributed by atoms with van der Waals surface area (Å²) in [6, 6.07) is 0. The number of amides is 1. The SMILES string of the molecule is COCCN(C)C(=O)CCCCN1CCCCC1. The zero-order valence-corrected chi connectivity index (χ0v) is 12.0. The molecule has 1 heterocycles. The first-order chi connectivity index (χ1) is 8.74. The Hall–Kier alpha value is -0.610. The smallest absolute Gasteiger partial charge is 0.222 e. The number of likely N-dealkylation sites (tertiary alicyclic amines) is 1. The maximum Gasteiger partial charge on any atom is 0.222 e. The lowest BCUT2D eigenvalue weighted by atomic mass is 10.1. The molecule has 1 rings (SSSR count). The molecule has 1 aliphatic rings. The van der Waals surface area contributed by atoms with E-state index in [1.807, 2.05) is 7.05 Å². The Morgan fingerprint density at radius 2 is 1.94 bits per heavy atom. The summed E-state index contributed by atoms with van der Waals surface area (Å²) < 4.78 is 4.97. The van der Waals surface area contributed by atoms with Crippen LogP contribution in [0.1, 0.15) is 38.5 Å². The fraction of sp³-hybridized carbons (Fsp3) is 0.929. The van der Waals surface area contributed by atoms with Gasteiger partial charge in [0.1, 0.15) is 0 Å². The molecule has 4 heteroatoms. The van der Waals surface area contributed by atoms with Crippen LogP contribution in [0.15, 0.2) is 0 Å². The molecule has 0 aromatic carbocycles. The van der Waals surface area contributed by atoms with E-state index in [1.54, 1.807) is 12.0 Å². The second-order valence-electron chi connectivity index (χ2n) is 5.17. The lowest BCUT2D eigenvalue weighted by Crippen LogP contribution is -2.31. The molecule has 0 spiro atoms. The summed E-state index contributed by atoms with van der Waals surface area (Å²) in [4.78, 5) is 16.1. The van der Waals surface area contributed by atoms with Crippen LogP contribution in [-0.4, -0.2) is 62.7 Å². The number of carbonyl (C=O) groups is 1. The van der Waals surface area contributed by atoms with Crippen molar-refractivity contribution in [1.82, 2.24) is 9.80 Å². The molecule has 0 N–H and O–H groups in total. The first-order valence-corrected chi connectivity index (χ1v) is 7.19. The van der Waals surface area contributed by atoms with Crippen LogP contribution in [0.4, 0.5) is 0 Å². The topological polar surface area (TPSA) is 32.8 Å². The second kappa shape index (κ2) is 9.34. The molecular formula is C14H28N2O2. The normalized spacial score (nSPS) is 16.8. The van der Waals surface area contributed by atoms with E-state index in [1.165, 1.54) is 32.4 Å². The van der Waals surface area contributed by atoms with Crippen molar-refractivity contribution in [1.29, 1.82) is 0 Å². The number of unbranched alkanes of at least 4 members (excludes halogenated alkanes) is 1. The largest absolute Gasteiger partial charge is 0.383 e. The van der Waals surface area contributed by atoms with Crippen LogP contribution in [0.5, 0.6) is 0 Å². The maximum atomic E-state index is 11.8. The van der Waals surface area contributed by atoms with Crippen LogP contribution in [0.25, 0.3) is 0 Å². The quantitative estimate of drug-likeness (QED) is 0.620. The summed E-state index contributed by atoms with van der Waals surface area (Å²) >= 11 is 0. The number of likely N-dealkylation sites (N-methyl/N-ethyl adjacent to an activating group) is 1. The molecule has 0 unspecified atom stereocenters. The Bertz CT molecular complexity index is 228. The van der Waals surface area contributed by atoms with E-state index in [0.717, 1.165) is 19.4 Å². The van der Waals surface area contributed by atoms with Gasteiger partial charge in [0.15, 0.2) is 0 Å². The Kier molecular flexibility index (Phi) is 8.01. The molecule has 0 aliphatic carbocycles. The molecular weight excluding hydrogens is 228 g/mol. The number of carbonyl (C=O) groups excluding carboxylic acids is 1. The van der Waals surface area contributed by atoms with E-state index >= 15 is 0 Å². The Morgan fingerprint density at radius 1 is 1.22 bits per heavy atom. The highest BCUT2D eigenvalue weighted by molar-refractivity contribution is 5.75. The fourth-order valence-electron chi connectivity index (χ4n) is 2.34. The van der Waals surface area contributed by atoms with Gasteiger partial charge in [-0.1, -0.05) is 6.42 Å². The van der Waals surface area contributed by atoms with Gasteiger partial charge >= 0.3 is 0 Å². The van der Waals surface area contributed by atoms with E-state index < -0.39 is 0 Å². The van der Waals surface area contributed by atoms with E-state index in [-0.39, 0.29) is 5.91 Å². The number of rotatable bonds is 8. The molecule has 1 aliphatic heterocycles. The van der Waals surface area contributed by atoms with Gasteiger partial charge in [0, 0.05) is 27.1 Å². The van der Waals surface area contributed by atoms with Gasteiger partial charge < -0.3 is 14.5 Å². The van der Waals surface area contributed by atoms with Crippen molar-refractivity contribution in [2.45, 2.75) is 38.5 Å². The number of piperidine rings is 1. The monoisotopic (exact) mass is 256 g/mol. The van der Waals surface area contributed by atoms with Crippen molar-refractivity contribution in [3.63, 3.8) is 0 Å². The highest BCUT2D eigenvalue weighted by Gasteiger charge is 2.11. The van der Waals surface area contributed by atoms with Gasteiger partial charge in [-0.15, -0.1) is 0 Å². The molecule has 1 fully saturated rings. The third kappa shape index (κ3) is 6.36. The van der Waals surface area contributed by atoms with Gasteiger partial charge in [0.25, 0.3) is 0 Å². The van der Waals surface area contributed by atoms with E-state index in [2.05, 4.69) is 4.90 Å². The zero-order chi connectivity index (χ0) is 13.2. The number of hydrogen-bond donors (Lipinski definition) is 0. The van der Waals surface area contributed by atoms with Gasteiger partial charge in [0.05, 0.1) is 6.61 Å². The second-order valence-corrected chi connectivity index (χ2v) is 5.17. The first-order valence-electron chi connectivity index (χ1n) is 7.19. The average molecular weight is 256 g/mol. The van der Waals surface area contributed by atoms with Gasteiger partial charge in [0.2, 0.25) is 5.91 Å².